The first-order valence-electron chi connectivity index (χ1n) is 7.79. The standard InChI is InChI=1S/C19H22N4/c1-19(2,3)18-11-17(15-8-6-14(12-20)7-9-15)23(22-18)16-5-4-10-21-13-16/h4-11,13H,12,20H2,1-3H3. The third-order valence-electron chi connectivity index (χ3n) is 3.85. The van der Waals surface area contributed by atoms with Gasteiger partial charge in [-0.15, -0.1) is 0 Å². The van der Waals surface area contributed by atoms with Crippen LogP contribution >= 0.6 is 0 Å². The van der Waals surface area contributed by atoms with Crippen molar-refractivity contribution in [2.75, 3.05) is 0 Å². The number of pyridine rings is 1. The second-order valence-corrected chi connectivity index (χ2v) is 6.69. The van der Waals surface area contributed by atoms with Crippen LogP contribution < -0.4 is 5.73 Å². The van der Waals surface area contributed by atoms with E-state index in [0.717, 1.165) is 28.2 Å². The number of aromatic nitrogens is 3. The molecule has 1 aromatic carbocycles. The molecule has 0 unspecified atom stereocenters. The van der Waals surface area contributed by atoms with Gasteiger partial charge in [-0.25, -0.2) is 4.68 Å². The summed E-state index contributed by atoms with van der Waals surface area (Å²) < 4.78 is 1.96. The molecule has 0 spiro atoms. The van der Waals surface area contributed by atoms with Gasteiger partial charge in [-0.3, -0.25) is 4.98 Å². The summed E-state index contributed by atoms with van der Waals surface area (Å²) in [4.78, 5) is 4.22. The van der Waals surface area contributed by atoms with E-state index in [0.29, 0.717) is 6.54 Å². The first-order chi connectivity index (χ1) is 11.0. The third kappa shape index (κ3) is 3.17. The number of benzene rings is 1. The van der Waals surface area contributed by atoms with Crippen molar-refractivity contribution in [1.29, 1.82) is 0 Å². The highest BCUT2D eigenvalue weighted by molar-refractivity contribution is 5.63. The van der Waals surface area contributed by atoms with E-state index in [-0.39, 0.29) is 5.41 Å². The van der Waals surface area contributed by atoms with Gasteiger partial charge >= 0.3 is 0 Å². The predicted molar refractivity (Wildman–Crippen MR) is 93.4 cm³/mol. The van der Waals surface area contributed by atoms with E-state index >= 15 is 0 Å². The van der Waals surface area contributed by atoms with Crippen molar-refractivity contribution >= 4 is 0 Å². The predicted octanol–water partition coefficient (Wildman–Crippen LogP) is 3.69. The molecule has 2 N–H and O–H groups in total. The highest BCUT2D eigenvalue weighted by Gasteiger charge is 2.21. The Kier molecular flexibility index (Phi) is 4.01. The summed E-state index contributed by atoms with van der Waals surface area (Å²) in [7, 11) is 0. The smallest absolute Gasteiger partial charge is 0.0836 e. The van der Waals surface area contributed by atoms with Gasteiger partial charge in [0.2, 0.25) is 0 Å². The molecule has 2 heterocycles. The van der Waals surface area contributed by atoms with E-state index in [4.69, 9.17) is 10.8 Å². The Bertz CT molecular complexity index is 780. The first kappa shape index (κ1) is 15.4. The monoisotopic (exact) mass is 306 g/mol. The summed E-state index contributed by atoms with van der Waals surface area (Å²) in [5, 5.41) is 4.82. The zero-order chi connectivity index (χ0) is 16.4. The van der Waals surface area contributed by atoms with Crippen LogP contribution in [0.2, 0.25) is 0 Å². The minimum atomic E-state index is -0.0145. The lowest BCUT2D eigenvalue weighted by Crippen LogP contribution is -2.12. The highest BCUT2D eigenvalue weighted by atomic mass is 15.3. The average Bonchev–Trinajstić information content (AvgIpc) is 3.01. The molecule has 0 amide bonds. The zero-order valence-electron chi connectivity index (χ0n) is 13.8. The van der Waals surface area contributed by atoms with Gasteiger partial charge in [-0.05, 0) is 23.8 Å². The Morgan fingerprint density at radius 1 is 1.09 bits per heavy atom. The van der Waals surface area contributed by atoms with Gasteiger partial charge in [0.05, 0.1) is 23.3 Å². The van der Waals surface area contributed by atoms with E-state index in [1.54, 1.807) is 6.20 Å². The van der Waals surface area contributed by atoms with E-state index in [1.807, 2.05) is 23.0 Å². The van der Waals surface area contributed by atoms with Crippen LogP contribution in [0.25, 0.3) is 16.9 Å². The summed E-state index contributed by atoms with van der Waals surface area (Å²) in [6.07, 6.45) is 3.60. The highest BCUT2D eigenvalue weighted by Crippen LogP contribution is 2.29. The van der Waals surface area contributed by atoms with Crippen LogP contribution in [0.1, 0.15) is 32.0 Å². The molecular formula is C19H22N4. The Morgan fingerprint density at radius 3 is 2.39 bits per heavy atom. The zero-order valence-corrected chi connectivity index (χ0v) is 13.8. The lowest BCUT2D eigenvalue weighted by atomic mass is 9.92. The second-order valence-electron chi connectivity index (χ2n) is 6.69. The maximum Gasteiger partial charge on any atom is 0.0836 e. The van der Waals surface area contributed by atoms with Gasteiger partial charge in [-0.1, -0.05) is 45.0 Å². The summed E-state index contributed by atoms with van der Waals surface area (Å²) in [5.74, 6) is 0. The Hall–Kier alpha value is -2.46. The molecule has 3 rings (SSSR count). The summed E-state index contributed by atoms with van der Waals surface area (Å²) >= 11 is 0. The molecule has 0 aliphatic rings. The van der Waals surface area contributed by atoms with E-state index < -0.39 is 0 Å². The van der Waals surface area contributed by atoms with E-state index in [1.165, 1.54) is 0 Å². The molecular weight excluding hydrogens is 284 g/mol. The van der Waals surface area contributed by atoms with Gasteiger partial charge in [0.1, 0.15) is 0 Å². The van der Waals surface area contributed by atoms with E-state index in [9.17, 15) is 0 Å². The minimum absolute atomic E-state index is 0.0145. The number of rotatable bonds is 3. The molecule has 4 heteroatoms. The lowest BCUT2D eigenvalue weighted by Gasteiger charge is -2.14. The van der Waals surface area contributed by atoms with Crippen LogP contribution in [0.3, 0.4) is 0 Å². The van der Waals surface area contributed by atoms with Crippen molar-refractivity contribution in [3.8, 4) is 16.9 Å². The molecule has 118 valence electrons. The van der Waals surface area contributed by atoms with Gasteiger partial charge < -0.3 is 5.73 Å². The second kappa shape index (κ2) is 5.97. The van der Waals surface area contributed by atoms with Crippen LogP contribution in [0.5, 0.6) is 0 Å². The summed E-state index contributed by atoms with van der Waals surface area (Å²) in [5.41, 5.74) is 11.0. The van der Waals surface area contributed by atoms with Crippen LogP contribution in [0.15, 0.2) is 54.9 Å². The molecule has 0 aliphatic carbocycles. The normalized spacial score (nSPS) is 11.7. The van der Waals surface area contributed by atoms with Gasteiger partial charge in [-0.2, -0.15) is 5.10 Å². The third-order valence-corrected chi connectivity index (χ3v) is 3.85. The Labute approximate surface area is 137 Å². The topological polar surface area (TPSA) is 56.7 Å². The quantitative estimate of drug-likeness (QED) is 0.803. The fourth-order valence-corrected chi connectivity index (χ4v) is 2.44. The Morgan fingerprint density at radius 2 is 1.83 bits per heavy atom. The van der Waals surface area contributed by atoms with Gasteiger partial charge in [0.15, 0.2) is 0 Å². The fraction of sp³-hybridized carbons (Fsp3) is 0.263. The van der Waals surface area contributed by atoms with Crippen LogP contribution in [0.4, 0.5) is 0 Å². The first-order valence-corrected chi connectivity index (χ1v) is 7.79. The van der Waals surface area contributed by atoms with Crippen molar-refractivity contribution in [2.24, 2.45) is 5.73 Å². The van der Waals surface area contributed by atoms with Crippen molar-refractivity contribution in [3.63, 3.8) is 0 Å². The maximum atomic E-state index is 5.69. The molecule has 0 saturated heterocycles. The number of hydrogen-bond acceptors (Lipinski definition) is 3. The van der Waals surface area contributed by atoms with E-state index in [2.05, 4.69) is 56.1 Å². The van der Waals surface area contributed by atoms with Gasteiger partial charge in [0, 0.05) is 23.7 Å². The van der Waals surface area contributed by atoms with Crippen LogP contribution in [-0.2, 0) is 12.0 Å². The minimum Gasteiger partial charge on any atom is -0.326 e. The largest absolute Gasteiger partial charge is 0.326 e. The average molecular weight is 306 g/mol. The van der Waals surface area contributed by atoms with Crippen LogP contribution in [-0.4, -0.2) is 14.8 Å². The molecule has 0 fully saturated rings. The SMILES string of the molecule is CC(C)(C)c1cc(-c2ccc(CN)cc2)n(-c2cccnc2)n1. The molecule has 0 atom stereocenters. The lowest BCUT2D eigenvalue weighted by molar-refractivity contribution is 0.560. The summed E-state index contributed by atoms with van der Waals surface area (Å²) in [6, 6.07) is 14.4. The van der Waals surface area contributed by atoms with Crippen molar-refractivity contribution in [3.05, 3.63) is 66.1 Å². The molecule has 0 bridgehead atoms. The number of nitrogens with two attached hydrogens (primary N) is 1. The Balaban J connectivity index is 2.15. The van der Waals surface area contributed by atoms with Crippen molar-refractivity contribution < 1.29 is 0 Å². The van der Waals surface area contributed by atoms with Gasteiger partial charge in [0.25, 0.3) is 0 Å². The molecule has 0 aliphatic heterocycles. The molecule has 23 heavy (non-hydrogen) atoms. The maximum absolute atomic E-state index is 5.69. The number of hydrogen-bond donors (Lipinski definition) is 1. The molecule has 0 saturated carbocycles. The molecule has 4 nitrogen and oxygen atoms in total. The molecule has 0 radical (unpaired) electrons. The molecule has 2 aromatic heterocycles. The molecule has 3 aromatic rings. The van der Waals surface area contributed by atoms with Crippen LogP contribution in [0, 0.1) is 0 Å². The fourth-order valence-electron chi connectivity index (χ4n) is 2.44. The summed E-state index contributed by atoms with van der Waals surface area (Å²) in [6.45, 7) is 7.06. The number of nitrogens with zero attached hydrogens (tertiary/aromatic N) is 3. The van der Waals surface area contributed by atoms with Crippen molar-refractivity contribution in [1.82, 2.24) is 14.8 Å². The van der Waals surface area contributed by atoms with Crippen molar-refractivity contribution in [2.45, 2.75) is 32.7 Å².